The minimum absolute atomic E-state index is 0.613. The van der Waals surface area contributed by atoms with Gasteiger partial charge in [0.25, 0.3) is 0 Å². The van der Waals surface area contributed by atoms with Crippen molar-refractivity contribution in [2.75, 3.05) is 0 Å². The second-order valence-corrected chi connectivity index (χ2v) is 11.0. The third kappa shape index (κ3) is 4.28. The van der Waals surface area contributed by atoms with Gasteiger partial charge in [0.1, 0.15) is 50.4 Å². The molecule has 7 rings (SSSR count). The van der Waals surface area contributed by atoms with Crippen molar-refractivity contribution in [1.29, 1.82) is 0 Å². The van der Waals surface area contributed by atoms with Gasteiger partial charge in [-0.05, 0) is 17.7 Å². The predicted molar refractivity (Wildman–Crippen MR) is 190 cm³/mol. The van der Waals surface area contributed by atoms with Crippen LogP contribution < -0.4 is 27.3 Å². The van der Waals surface area contributed by atoms with Crippen LogP contribution in [0.4, 0.5) is 0 Å². The lowest BCUT2D eigenvalue weighted by Crippen LogP contribution is -2.55. The molecule has 5 aromatic carbocycles. The van der Waals surface area contributed by atoms with Gasteiger partial charge in [-0.2, -0.15) is 0 Å². The van der Waals surface area contributed by atoms with E-state index in [-0.39, 0.29) is 0 Å². The number of nitrogens with zero attached hydrogens (tertiary/aromatic N) is 3. The molecule has 2 heterocycles. The first-order valence-electron chi connectivity index (χ1n) is 14.3. The van der Waals surface area contributed by atoms with Gasteiger partial charge >= 0.3 is 0 Å². The lowest BCUT2D eigenvalue weighted by atomic mass is 9.59. The highest BCUT2D eigenvalue weighted by Crippen LogP contribution is 2.36. The summed E-state index contributed by atoms with van der Waals surface area (Å²) in [4.78, 5) is 14.7. The Morgan fingerprint density at radius 3 is 1.55 bits per heavy atom. The molecule has 0 radical (unpaired) electrons. The van der Waals surface area contributed by atoms with Crippen LogP contribution in [-0.4, -0.2) is 54.2 Å². The van der Waals surface area contributed by atoms with Crippen LogP contribution in [-0.2, 0) is 0 Å². The van der Waals surface area contributed by atoms with E-state index in [0.717, 1.165) is 44.2 Å². The maximum absolute atomic E-state index is 6.68. The number of aromatic nitrogens is 3. The Morgan fingerprint density at radius 2 is 0.976 bits per heavy atom. The minimum atomic E-state index is 0.613. The molecular formula is C33H26B5N3O. The largest absolute Gasteiger partial charge is 0.455 e. The van der Waals surface area contributed by atoms with E-state index in [1.54, 1.807) is 0 Å². The van der Waals surface area contributed by atoms with Gasteiger partial charge in [0, 0.05) is 33.0 Å². The SMILES string of the molecule is Bc1c(B)c(B)c(-c2cccc3c2oc2cc(-c4nc(-c5ccccc5)nc(-c5ccccc5)n4)ccc23)c(B)c1B. The summed E-state index contributed by atoms with van der Waals surface area (Å²) < 4.78 is 6.68. The summed E-state index contributed by atoms with van der Waals surface area (Å²) >= 11 is 0. The monoisotopic (exact) mass is 535 g/mol. The number of furan rings is 1. The molecule has 0 amide bonds. The molecule has 0 saturated heterocycles. The zero-order valence-corrected chi connectivity index (χ0v) is 24.5. The molecule has 0 saturated carbocycles. The number of benzene rings is 5. The lowest BCUT2D eigenvalue weighted by Gasteiger charge is -2.20. The van der Waals surface area contributed by atoms with Gasteiger partial charge in [-0.25, -0.2) is 15.0 Å². The standard InChI is InChI=1S/C33H26B5N3O/c34-25-24(26(35)28(37)29(38)27(25)36)22-13-7-12-21-20-15-14-19(16-23(20)42-30(21)22)33-40-31(17-8-3-1-4-9-17)39-32(41-33)18-10-5-2-6-11-18/h1-16H,34-38H2. The molecule has 7 aromatic rings. The van der Waals surface area contributed by atoms with Crippen LogP contribution in [0.2, 0.25) is 0 Å². The third-order valence-electron chi connectivity index (χ3n) is 8.73. The second kappa shape index (κ2) is 10.3. The Morgan fingerprint density at radius 1 is 0.452 bits per heavy atom. The summed E-state index contributed by atoms with van der Waals surface area (Å²) in [6.45, 7) is 0. The maximum Gasteiger partial charge on any atom is 0.164 e. The molecule has 0 N–H and O–H groups in total. The number of fused-ring (bicyclic) bond motifs is 3. The van der Waals surface area contributed by atoms with Crippen molar-refractivity contribution in [1.82, 2.24) is 15.0 Å². The van der Waals surface area contributed by atoms with E-state index in [4.69, 9.17) is 19.4 Å². The van der Waals surface area contributed by atoms with Gasteiger partial charge in [0.15, 0.2) is 17.5 Å². The Labute approximate surface area is 249 Å². The van der Waals surface area contributed by atoms with Crippen molar-refractivity contribution in [3.63, 3.8) is 0 Å². The Kier molecular flexibility index (Phi) is 6.39. The molecule has 0 aliphatic heterocycles. The van der Waals surface area contributed by atoms with Crippen LogP contribution >= 0.6 is 0 Å². The fourth-order valence-corrected chi connectivity index (χ4v) is 5.98. The lowest BCUT2D eigenvalue weighted by molar-refractivity contribution is 0.670. The molecule has 0 unspecified atom stereocenters. The first-order chi connectivity index (χ1) is 20.4. The molecule has 4 nitrogen and oxygen atoms in total. The second-order valence-electron chi connectivity index (χ2n) is 11.0. The Balaban J connectivity index is 1.42. The van der Waals surface area contributed by atoms with Gasteiger partial charge in [-0.3, -0.25) is 0 Å². The van der Waals surface area contributed by atoms with Crippen molar-refractivity contribution in [3.05, 3.63) is 97.1 Å². The highest BCUT2D eigenvalue weighted by Gasteiger charge is 2.19. The number of para-hydroxylation sites is 1. The van der Waals surface area contributed by atoms with Crippen molar-refractivity contribution >= 4 is 88.5 Å². The van der Waals surface area contributed by atoms with E-state index in [1.807, 2.05) is 60.7 Å². The van der Waals surface area contributed by atoms with E-state index < -0.39 is 0 Å². The van der Waals surface area contributed by atoms with Gasteiger partial charge in [-0.1, -0.05) is 95.9 Å². The fraction of sp³-hybridized carbons (Fsp3) is 0. The van der Waals surface area contributed by atoms with Gasteiger partial charge in [-0.15, -0.1) is 16.4 Å². The van der Waals surface area contributed by atoms with E-state index in [1.165, 1.54) is 32.9 Å². The van der Waals surface area contributed by atoms with Crippen molar-refractivity contribution in [2.24, 2.45) is 0 Å². The summed E-state index contributed by atoms with van der Waals surface area (Å²) in [6.07, 6.45) is 0. The maximum atomic E-state index is 6.68. The molecular weight excluding hydrogens is 508 g/mol. The van der Waals surface area contributed by atoms with E-state index in [9.17, 15) is 0 Å². The molecule has 9 heteroatoms. The van der Waals surface area contributed by atoms with Crippen LogP contribution in [0, 0.1) is 0 Å². The zero-order chi connectivity index (χ0) is 29.0. The smallest absolute Gasteiger partial charge is 0.164 e. The molecule has 0 aliphatic rings. The van der Waals surface area contributed by atoms with Gasteiger partial charge < -0.3 is 4.42 Å². The number of rotatable bonds is 4. The highest BCUT2D eigenvalue weighted by atomic mass is 16.3. The summed E-state index contributed by atoms with van der Waals surface area (Å²) in [6, 6.07) is 32.8. The van der Waals surface area contributed by atoms with Gasteiger partial charge in [0.05, 0.1) is 0 Å². The minimum Gasteiger partial charge on any atom is -0.455 e. The van der Waals surface area contributed by atoms with Crippen LogP contribution in [0.15, 0.2) is 101 Å². The third-order valence-corrected chi connectivity index (χ3v) is 8.73. The van der Waals surface area contributed by atoms with Crippen LogP contribution in [0.1, 0.15) is 0 Å². The summed E-state index contributed by atoms with van der Waals surface area (Å²) in [5.41, 5.74) is 13.5. The average molecular weight is 535 g/mol. The van der Waals surface area contributed by atoms with Crippen molar-refractivity contribution in [3.8, 4) is 45.3 Å². The molecule has 0 fully saturated rings. The van der Waals surface area contributed by atoms with Crippen molar-refractivity contribution in [2.45, 2.75) is 0 Å². The quantitative estimate of drug-likeness (QED) is 0.292. The first-order valence-corrected chi connectivity index (χ1v) is 14.3. The summed E-state index contributed by atoms with van der Waals surface area (Å²) in [5.74, 6) is 1.90. The summed E-state index contributed by atoms with van der Waals surface area (Å²) in [7, 11) is 11.1. The van der Waals surface area contributed by atoms with Crippen molar-refractivity contribution < 1.29 is 4.42 Å². The first kappa shape index (κ1) is 26.2. The van der Waals surface area contributed by atoms with Crippen LogP contribution in [0.5, 0.6) is 0 Å². The predicted octanol–water partition coefficient (Wildman–Crippen LogP) is -0.269. The molecule has 0 atom stereocenters. The molecule has 0 spiro atoms. The zero-order valence-electron chi connectivity index (χ0n) is 24.5. The highest BCUT2D eigenvalue weighted by molar-refractivity contribution is 6.68. The Hall–Kier alpha value is -4.77. The molecule has 194 valence electrons. The average Bonchev–Trinajstić information content (AvgIpc) is 3.42. The Bertz CT molecular complexity index is 2060. The van der Waals surface area contributed by atoms with Crippen LogP contribution in [0.25, 0.3) is 67.2 Å². The van der Waals surface area contributed by atoms with Gasteiger partial charge in [0.2, 0.25) is 0 Å². The molecule has 0 aliphatic carbocycles. The molecule has 0 bridgehead atoms. The van der Waals surface area contributed by atoms with E-state index in [2.05, 4.69) is 75.6 Å². The number of hydrogen-bond donors (Lipinski definition) is 0. The van der Waals surface area contributed by atoms with E-state index >= 15 is 0 Å². The molecule has 2 aromatic heterocycles. The van der Waals surface area contributed by atoms with E-state index in [0.29, 0.717) is 17.5 Å². The normalized spacial score (nSPS) is 11.3. The summed E-state index contributed by atoms with van der Waals surface area (Å²) in [5, 5.41) is 2.18. The topological polar surface area (TPSA) is 51.8 Å². The van der Waals surface area contributed by atoms with Crippen LogP contribution in [0.3, 0.4) is 0 Å². The molecule has 42 heavy (non-hydrogen) atoms. The fourth-order valence-electron chi connectivity index (χ4n) is 5.98. The number of hydrogen-bond acceptors (Lipinski definition) is 4.